The molecule has 1 saturated carbocycles. The lowest BCUT2D eigenvalue weighted by atomic mass is 9.79. The van der Waals surface area contributed by atoms with Crippen molar-refractivity contribution in [2.45, 2.75) is 49.8 Å². The van der Waals surface area contributed by atoms with E-state index in [1.165, 1.54) is 12.1 Å². The molecule has 1 aromatic carbocycles. The highest BCUT2D eigenvalue weighted by molar-refractivity contribution is 6.14. The molecule has 2 fully saturated rings. The lowest BCUT2D eigenvalue weighted by Gasteiger charge is -2.43. The first kappa shape index (κ1) is 16.6. The first-order chi connectivity index (χ1) is 10.7. The number of benzene rings is 1. The molecule has 2 radical (unpaired) electrons. The summed E-state index contributed by atoms with van der Waals surface area (Å²) in [5, 5.41) is 0. The van der Waals surface area contributed by atoms with Gasteiger partial charge in [-0.3, -0.25) is 0 Å². The molecule has 124 valence electrons. The van der Waals surface area contributed by atoms with E-state index in [0.717, 1.165) is 0 Å². The van der Waals surface area contributed by atoms with Gasteiger partial charge in [-0.2, -0.15) is 0 Å². The number of nitrogens with two attached hydrogens (primary N) is 1. The average molecular weight is 325 g/mol. The summed E-state index contributed by atoms with van der Waals surface area (Å²) in [6.07, 6.45) is 0.527. The molecule has 3 nitrogen and oxygen atoms in total. The van der Waals surface area contributed by atoms with Crippen molar-refractivity contribution in [3.05, 3.63) is 29.6 Å². The quantitative estimate of drug-likeness (QED) is 0.864. The number of hydrogen-bond donors (Lipinski definition) is 1. The van der Waals surface area contributed by atoms with Gasteiger partial charge in [0.25, 0.3) is 0 Å². The molecule has 1 heterocycles. The first-order valence-corrected chi connectivity index (χ1v) is 7.80. The van der Waals surface area contributed by atoms with Crippen LogP contribution in [0.2, 0.25) is 0 Å². The van der Waals surface area contributed by atoms with Crippen LogP contribution in [0.4, 0.5) is 13.2 Å². The van der Waals surface area contributed by atoms with Gasteiger partial charge in [-0.1, -0.05) is 0 Å². The van der Waals surface area contributed by atoms with Crippen molar-refractivity contribution in [2.75, 3.05) is 6.61 Å². The van der Waals surface area contributed by atoms with Crippen LogP contribution in [0.25, 0.3) is 0 Å². The Kier molecular flexibility index (Phi) is 4.36. The molecular weight excluding hydrogens is 306 g/mol. The summed E-state index contributed by atoms with van der Waals surface area (Å²) >= 11 is 0. The minimum atomic E-state index is -2.54. The molecule has 0 aromatic heterocycles. The number of ether oxygens (including phenoxy) is 2. The van der Waals surface area contributed by atoms with Gasteiger partial charge in [0.1, 0.15) is 19.4 Å². The van der Waals surface area contributed by atoms with Gasteiger partial charge < -0.3 is 15.2 Å². The van der Waals surface area contributed by atoms with Gasteiger partial charge in [0.2, 0.25) is 5.92 Å². The smallest absolute Gasteiger partial charge is 0.248 e. The van der Waals surface area contributed by atoms with E-state index in [4.69, 9.17) is 23.1 Å². The van der Waals surface area contributed by atoms with Crippen molar-refractivity contribution in [1.82, 2.24) is 0 Å². The van der Waals surface area contributed by atoms with Crippen LogP contribution in [0.5, 0.6) is 5.75 Å². The Morgan fingerprint density at radius 2 is 1.96 bits per heavy atom. The van der Waals surface area contributed by atoms with Crippen molar-refractivity contribution in [3.63, 3.8) is 0 Å². The second-order valence-corrected chi connectivity index (χ2v) is 6.56. The van der Waals surface area contributed by atoms with Crippen LogP contribution in [-0.2, 0) is 4.74 Å². The SMILES string of the molecule is [B]C1(N)CC(c2cc(OCC3CCC(F)(F)CC3)ccc2F)O1. The maximum atomic E-state index is 13.9. The Balaban J connectivity index is 1.57. The van der Waals surface area contributed by atoms with Gasteiger partial charge in [-0.05, 0) is 37.0 Å². The fourth-order valence-corrected chi connectivity index (χ4v) is 3.06. The highest BCUT2D eigenvalue weighted by Gasteiger charge is 2.39. The molecule has 1 saturated heterocycles. The minimum Gasteiger partial charge on any atom is -0.493 e. The van der Waals surface area contributed by atoms with Gasteiger partial charge in [-0.15, -0.1) is 0 Å². The zero-order valence-electron chi connectivity index (χ0n) is 12.7. The molecule has 23 heavy (non-hydrogen) atoms. The van der Waals surface area contributed by atoms with Crippen LogP contribution < -0.4 is 10.5 Å². The molecule has 2 unspecified atom stereocenters. The molecule has 1 aliphatic heterocycles. The van der Waals surface area contributed by atoms with E-state index in [-0.39, 0.29) is 18.8 Å². The van der Waals surface area contributed by atoms with Crippen LogP contribution in [0, 0.1) is 11.7 Å². The molecule has 7 heteroatoms. The molecule has 2 aliphatic rings. The third-order valence-electron chi connectivity index (χ3n) is 4.50. The van der Waals surface area contributed by atoms with Crippen LogP contribution >= 0.6 is 0 Å². The van der Waals surface area contributed by atoms with E-state index in [2.05, 4.69) is 0 Å². The summed E-state index contributed by atoms with van der Waals surface area (Å²) in [4.78, 5) is 0. The third-order valence-corrected chi connectivity index (χ3v) is 4.50. The van der Waals surface area contributed by atoms with E-state index >= 15 is 0 Å². The molecule has 1 aromatic rings. The fraction of sp³-hybridized carbons (Fsp3) is 0.625. The molecular formula is C16H19BF3NO2. The predicted molar refractivity (Wildman–Crippen MR) is 79.9 cm³/mol. The molecule has 1 aliphatic carbocycles. The first-order valence-electron chi connectivity index (χ1n) is 7.80. The maximum absolute atomic E-state index is 13.9. The summed E-state index contributed by atoms with van der Waals surface area (Å²) in [5.41, 5.74) is 4.70. The zero-order chi connectivity index (χ0) is 16.7. The molecule has 0 bridgehead atoms. The van der Waals surface area contributed by atoms with Gasteiger partial charge in [0, 0.05) is 24.8 Å². The van der Waals surface area contributed by atoms with Crippen LogP contribution in [-0.4, -0.2) is 26.0 Å². The van der Waals surface area contributed by atoms with Crippen molar-refractivity contribution in [1.29, 1.82) is 0 Å². The Hall–Kier alpha value is -1.21. The molecule has 2 N–H and O–H groups in total. The summed E-state index contributed by atoms with van der Waals surface area (Å²) in [7, 11) is 5.56. The second kappa shape index (κ2) is 6.02. The topological polar surface area (TPSA) is 44.5 Å². The number of halogens is 3. The number of hydrogen-bond acceptors (Lipinski definition) is 3. The highest BCUT2D eigenvalue weighted by Crippen LogP contribution is 2.40. The maximum Gasteiger partial charge on any atom is 0.248 e. The van der Waals surface area contributed by atoms with E-state index < -0.39 is 23.5 Å². The van der Waals surface area contributed by atoms with E-state index in [9.17, 15) is 13.2 Å². The van der Waals surface area contributed by atoms with Crippen molar-refractivity contribution >= 4 is 7.85 Å². The zero-order valence-corrected chi connectivity index (χ0v) is 12.7. The van der Waals surface area contributed by atoms with E-state index in [0.29, 0.717) is 37.2 Å². The predicted octanol–water partition coefficient (Wildman–Crippen LogP) is 3.27. The summed E-state index contributed by atoms with van der Waals surface area (Å²) in [6.45, 7) is 0.352. The lowest BCUT2D eigenvalue weighted by molar-refractivity contribution is -0.155. The summed E-state index contributed by atoms with van der Waals surface area (Å²) in [5.74, 6) is -2.36. The number of alkyl halides is 2. The standard InChI is InChI=1S/C16H19BF3NO2/c17-16(21)8-14(23-16)12-7-11(1-2-13(12)18)22-9-10-3-5-15(19,20)6-4-10/h1-2,7,10,14H,3-6,8-9,21H2. The lowest BCUT2D eigenvalue weighted by Crippen LogP contribution is -2.54. The monoisotopic (exact) mass is 325 g/mol. The summed E-state index contributed by atoms with van der Waals surface area (Å²) < 4.78 is 51.0. The van der Waals surface area contributed by atoms with Crippen molar-refractivity contribution in [3.8, 4) is 5.75 Å². The Morgan fingerprint density at radius 1 is 1.30 bits per heavy atom. The van der Waals surface area contributed by atoms with Crippen LogP contribution in [0.1, 0.15) is 43.8 Å². The number of rotatable bonds is 4. The fourth-order valence-electron chi connectivity index (χ4n) is 3.06. The minimum absolute atomic E-state index is 0.0965. The molecule has 3 rings (SSSR count). The van der Waals surface area contributed by atoms with Crippen LogP contribution in [0.15, 0.2) is 18.2 Å². The summed E-state index contributed by atoms with van der Waals surface area (Å²) in [6, 6.07) is 4.38. The third kappa shape index (κ3) is 4.01. The Bertz CT molecular complexity index is 564. The molecule has 2 atom stereocenters. The van der Waals surface area contributed by atoms with Gasteiger partial charge in [0.05, 0.1) is 18.3 Å². The van der Waals surface area contributed by atoms with Gasteiger partial charge in [0.15, 0.2) is 0 Å². The highest BCUT2D eigenvalue weighted by atomic mass is 19.3. The van der Waals surface area contributed by atoms with E-state index in [1.807, 2.05) is 0 Å². The van der Waals surface area contributed by atoms with Gasteiger partial charge in [-0.25, -0.2) is 13.2 Å². The Morgan fingerprint density at radius 3 is 2.57 bits per heavy atom. The largest absolute Gasteiger partial charge is 0.493 e. The normalized spacial score (nSPS) is 30.7. The molecule has 0 spiro atoms. The van der Waals surface area contributed by atoms with Crippen molar-refractivity contribution < 1.29 is 22.6 Å². The van der Waals surface area contributed by atoms with Crippen molar-refractivity contribution in [2.24, 2.45) is 11.7 Å². The van der Waals surface area contributed by atoms with Gasteiger partial charge >= 0.3 is 0 Å². The Labute approximate surface area is 134 Å². The molecule has 0 amide bonds. The van der Waals surface area contributed by atoms with Crippen LogP contribution in [0.3, 0.4) is 0 Å². The van der Waals surface area contributed by atoms with E-state index in [1.54, 1.807) is 6.07 Å². The second-order valence-electron chi connectivity index (χ2n) is 6.56. The average Bonchev–Trinajstić information content (AvgIpc) is 2.45.